The molecule has 0 saturated heterocycles. The van der Waals surface area contributed by atoms with Crippen LogP contribution in [0.2, 0.25) is 0 Å². The zero-order valence-electron chi connectivity index (χ0n) is 6.73. The van der Waals surface area contributed by atoms with Gasteiger partial charge in [-0.25, -0.2) is 0 Å². The second-order valence-electron chi connectivity index (χ2n) is 2.84. The molecule has 3 nitrogen and oxygen atoms in total. The monoisotopic (exact) mass is 166 g/mol. The number of ether oxygens (including phenoxy) is 1. The van der Waals surface area contributed by atoms with Crippen LogP contribution in [0, 0.1) is 6.92 Å². The third-order valence-corrected chi connectivity index (χ3v) is 1.97. The number of aryl methyl sites for hydroxylation is 1. The topological polar surface area (TPSA) is 42.6 Å². The van der Waals surface area contributed by atoms with Gasteiger partial charge in [0.25, 0.3) is 0 Å². The van der Waals surface area contributed by atoms with Crippen LogP contribution in [0.3, 0.4) is 0 Å². The summed E-state index contributed by atoms with van der Waals surface area (Å²) in [6, 6.07) is 1.85. The average molecular weight is 166 g/mol. The van der Waals surface area contributed by atoms with Crippen molar-refractivity contribution in [3.63, 3.8) is 0 Å². The van der Waals surface area contributed by atoms with Gasteiger partial charge in [0.1, 0.15) is 11.9 Å². The molecular formula is C9H10O3. The summed E-state index contributed by atoms with van der Waals surface area (Å²) in [5.41, 5.74) is 1.00. The molecule has 0 fully saturated rings. The summed E-state index contributed by atoms with van der Waals surface area (Å²) in [6.07, 6.45) is 3.75. The lowest BCUT2D eigenvalue weighted by Crippen LogP contribution is -2.12. The summed E-state index contributed by atoms with van der Waals surface area (Å²) in [6.45, 7) is 1.92. The third-order valence-electron chi connectivity index (χ3n) is 1.97. The predicted molar refractivity (Wildman–Crippen MR) is 42.4 cm³/mol. The van der Waals surface area contributed by atoms with Gasteiger partial charge >= 0.3 is 0 Å². The van der Waals surface area contributed by atoms with E-state index in [-0.39, 0.29) is 6.10 Å². The molecular weight excluding hydrogens is 156 g/mol. The highest BCUT2D eigenvalue weighted by molar-refractivity contribution is 5.21. The van der Waals surface area contributed by atoms with Gasteiger partial charge in [-0.2, -0.15) is 0 Å². The highest BCUT2D eigenvalue weighted by atomic mass is 16.5. The van der Waals surface area contributed by atoms with Gasteiger partial charge in [0.05, 0.1) is 12.5 Å². The van der Waals surface area contributed by atoms with Crippen molar-refractivity contribution >= 4 is 0 Å². The van der Waals surface area contributed by atoms with Crippen molar-refractivity contribution in [2.75, 3.05) is 0 Å². The molecule has 0 bridgehead atoms. The third kappa shape index (κ3) is 1.02. The van der Waals surface area contributed by atoms with Crippen LogP contribution in [0.15, 0.2) is 29.1 Å². The second-order valence-corrected chi connectivity index (χ2v) is 2.84. The lowest BCUT2D eigenvalue weighted by molar-refractivity contribution is 0.0473. The Morgan fingerprint density at radius 3 is 2.83 bits per heavy atom. The van der Waals surface area contributed by atoms with Gasteiger partial charge in [-0.05, 0) is 24.6 Å². The van der Waals surface area contributed by atoms with Crippen LogP contribution in [0.1, 0.15) is 17.4 Å². The highest BCUT2D eigenvalue weighted by Gasteiger charge is 2.28. The summed E-state index contributed by atoms with van der Waals surface area (Å²) in [5.74, 6) is 0.701. The Balaban J connectivity index is 2.26. The largest absolute Gasteiger partial charge is 0.487 e. The van der Waals surface area contributed by atoms with E-state index in [1.165, 1.54) is 6.26 Å². The van der Waals surface area contributed by atoms with Crippen molar-refractivity contribution in [2.45, 2.75) is 19.1 Å². The minimum absolute atomic E-state index is 0.361. The molecule has 1 aliphatic rings. The zero-order chi connectivity index (χ0) is 8.55. The Morgan fingerprint density at radius 2 is 2.33 bits per heavy atom. The molecule has 0 radical (unpaired) electrons. The Labute approximate surface area is 70.3 Å². The Morgan fingerprint density at radius 1 is 1.50 bits per heavy atom. The molecule has 0 saturated carbocycles. The molecule has 0 amide bonds. The van der Waals surface area contributed by atoms with Gasteiger partial charge in [0.15, 0.2) is 6.10 Å². The zero-order valence-corrected chi connectivity index (χ0v) is 6.73. The van der Waals surface area contributed by atoms with E-state index in [0.29, 0.717) is 5.76 Å². The van der Waals surface area contributed by atoms with Gasteiger partial charge in [-0.3, -0.25) is 0 Å². The lowest BCUT2D eigenvalue weighted by Gasteiger charge is -2.12. The van der Waals surface area contributed by atoms with Crippen LogP contribution in [0.5, 0.6) is 0 Å². The van der Waals surface area contributed by atoms with Crippen molar-refractivity contribution in [2.24, 2.45) is 0 Å². The molecule has 0 aromatic carbocycles. The fraction of sp³-hybridized carbons (Fsp3) is 0.333. The molecule has 1 aromatic heterocycles. The number of furan rings is 1. The average Bonchev–Trinajstić information content (AvgIpc) is 2.59. The number of aliphatic hydroxyl groups excluding tert-OH is 1. The molecule has 2 unspecified atom stereocenters. The van der Waals surface area contributed by atoms with Crippen molar-refractivity contribution in [1.82, 2.24) is 0 Å². The van der Waals surface area contributed by atoms with Gasteiger partial charge in [-0.1, -0.05) is 0 Å². The van der Waals surface area contributed by atoms with Crippen molar-refractivity contribution in [3.05, 3.63) is 36.0 Å². The lowest BCUT2D eigenvalue weighted by atomic mass is 10.1. The first-order chi connectivity index (χ1) is 5.79. The van der Waals surface area contributed by atoms with E-state index in [2.05, 4.69) is 0 Å². The second kappa shape index (κ2) is 2.68. The Kier molecular flexibility index (Phi) is 1.66. The Hall–Kier alpha value is -1.22. The van der Waals surface area contributed by atoms with Crippen LogP contribution < -0.4 is 0 Å². The number of hydrogen-bond donors (Lipinski definition) is 1. The molecule has 1 N–H and O–H groups in total. The number of hydrogen-bond acceptors (Lipinski definition) is 3. The maximum atomic E-state index is 9.41. The van der Waals surface area contributed by atoms with Gasteiger partial charge in [-0.15, -0.1) is 0 Å². The summed E-state index contributed by atoms with van der Waals surface area (Å²) >= 11 is 0. The highest BCUT2D eigenvalue weighted by Crippen LogP contribution is 2.29. The van der Waals surface area contributed by atoms with Crippen LogP contribution in [-0.2, 0) is 4.74 Å². The first-order valence-corrected chi connectivity index (χ1v) is 3.83. The minimum Gasteiger partial charge on any atom is -0.487 e. The van der Waals surface area contributed by atoms with E-state index in [1.54, 1.807) is 12.3 Å². The molecule has 1 aliphatic heterocycles. The molecule has 2 heterocycles. The van der Waals surface area contributed by atoms with Crippen LogP contribution in [0.25, 0.3) is 0 Å². The molecule has 0 spiro atoms. The molecule has 2 rings (SSSR count). The fourth-order valence-electron chi connectivity index (χ4n) is 1.28. The maximum absolute atomic E-state index is 9.41. The van der Waals surface area contributed by atoms with Crippen LogP contribution in [-0.4, -0.2) is 11.2 Å². The van der Waals surface area contributed by atoms with E-state index >= 15 is 0 Å². The van der Waals surface area contributed by atoms with Crippen LogP contribution >= 0.6 is 0 Å². The first-order valence-electron chi connectivity index (χ1n) is 3.83. The quantitative estimate of drug-likeness (QED) is 0.688. The van der Waals surface area contributed by atoms with E-state index < -0.39 is 6.10 Å². The van der Waals surface area contributed by atoms with Gasteiger partial charge in [0.2, 0.25) is 0 Å². The van der Waals surface area contributed by atoms with Crippen molar-refractivity contribution in [1.29, 1.82) is 0 Å². The normalized spacial score (nSPS) is 27.5. The van der Waals surface area contributed by atoms with Crippen LogP contribution in [0.4, 0.5) is 0 Å². The smallest absolute Gasteiger partial charge is 0.185 e. The SMILES string of the molecule is Cc1ccoc1C1OC=CC1O. The number of rotatable bonds is 1. The van der Waals surface area contributed by atoms with Gasteiger partial charge in [0, 0.05) is 0 Å². The minimum atomic E-state index is -0.588. The summed E-state index contributed by atoms with van der Waals surface area (Å²) < 4.78 is 10.4. The summed E-state index contributed by atoms with van der Waals surface area (Å²) in [7, 11) is 0. The molecule has 64 valence electrons. The molecule has 1 aromatic rings. The Bertz CT molecular complexity index is 300. The summed E-state index contributed by atoms with van der Waals surface area (Å²) in [5, 5.41) is 9.41. The van der Waals surface area contributed by atoms with E-state index in [4.69, 9.17) is 9.15 Å². The molecule has 0 aliphatic carbocycles. The maximum Gasteiger partial charge on any atom is 0.185 e. The van der Waals surface area contributed by atoms with Crippen molar-refractivity contribution in [3.8, 4) is 0 Å². The standard InChI is InChI=1S/C9H10O3/c1-6-2-4-11-8(6)9-7(10)3-5-12-9/h2-5,7,9-10H,1H3. The fourth-order valence-corrected chi connectivity index (χ4v) is 1.28. The van der Waals surface area contributed by atoms with E-state index in [0.717, 1.165) is 5.56 Å². The molecule has 2 atom stereocenters. The molecule has 12 heavy (non-hydrogen) atoms. The van der Waals surface area contributed by atoms with E-state index in [1.807, 2.05) is 13.0 Å². The predicted octanol–water partition coefficient (Wildman–Crippen LogP) is 1.53. The summed E-state index contributed by atoms with van der Waals surface area (Å²) in [4.78, 5) is 0. The van der Waals surface area contributed by atoms with Crippen molar-refractivity contribution < 1.29 is 14.3 Å². The first kappa shape index (κ1) is 7.43. The number of aliphatic hydroxyl groups is 1. The van der Waals surface area contributed by atoms with Gasteiger partial charge < -0.3 is 14.3 Å². The van der Waals surface area contributed by atoms with E-state index in [9.17, 15) is 5.11 Å². The molecule has 3 heteroatoms.